The van der Waals surface area contributed by atoms with Crippen LogP contribution in [0, 0.1) is 5.92 Å². The Hall–Kier alpha value is -0.540. The van der Waals surface area contributed by atoms with Gasteiger partial charge in [-0.2, -0.15) is 0 Å². The summed E-state index contributed by atoms with van der Waals surface area (Å²) < 4.78 is 1.12. The number of aliphatic hydroxyl groups excluding tert-OH is 1. The van der Waals surface area contributed by atoms with Gasteiger partial charge < -0.3 is 20.2 Å². The summed E-state index contributed by atoms with van der Waals surface area (Å²) in [5, 5.41) is 13.1. The van der Waals surface area contributed by atoms with Crippen molar-refractivity contribution in [1.82, 2.24) is 10.2 Å². The van der Waals surface area contributed by atoms with Crippen molar-refractivity contribution in [3.05, 3.63) is 28.7 Å². The number of β-amino-alcohol motifs (C(OH)–C–C–N with tert-alkyl or cyclic N) is 1. The van der Waals surface area contributed by atoms with Gasteiger partial charge in [-0.3, -0.25) is 4.99 Å². The van der Waals surface area contributed by atoms with Crippen LogP contribution in [0.1, 0.15) is 19.8 Å². The number of halogens is 2. The molecule has 2 aliphatic heterocycles. The zero-order valence-corrected chi connectivity index (χ0v) is 18.6. The fourth-order valence-electron chi connectivity index (χ4n) is 3.44. The van der Waals surface area contributed by atoms with Crippen molar-refractivity contribution in [2.45, 2.75) is 25.9 Å². The minimum atomic E-state index is -0.215. The lowest BCUT2D eigenvalue weighted by atomic mass is 10.1. The summed E-state index contributed by atoms with van der Waals surface area (Å²) in [7, 11) is 0. The van der Waals surface area contributed by atoms with E-state index < -0.39 is 0 Å². The van der Waals surface area contributed by atoms with Gasteiger partial charge in [0, 0.05) is 49.4 Å². The summed E-state index contributed by atoms with van der Waals surface area (Å²) in [6.45, 7) is 7.55. The van der Waals surface area contributed by atoms with Gasteiger partial charge in [-0.25, -0.2) is 0 Å². The lowest BCUT2D eigenvalue weighted by Gasteiger charge is -2.22. The number of hydrogen-bond donors (Lipinski definition) is 2. The van der Waals surface area contributed by atoms with E-state index in [1.54, 1.807) is 0 Å². The lowest BCUT2D eigenvalue weighted by Crippen LogP contribution is -2.40. The molecule has 2 fully saturated rings. The maximum atomic E-state index is 9.74. The second-order valence-electron chi connectivity index (χ2n) is 6.66. The standard InChI is InChI=1S/C18H27BrN4O.HI/c1-2-20-18(23-10-8-17(24)13-23)21-11-14-7-9-22(12-14)16-5-3-15(19)4-6-16;/h3-6,14,17,24H,2,7-13H2,1H3,(H,20,21);1H/t14?,17-;/m1./s1. The van der Waals surface area contributed by atoms with E-state index >= 15 is 0 Å². The zero-order valence-electron chi connectivity index (χ0n) is 14.7. The van der Waals surface area contributed by atoms with Gasteiger partial charge in [-0.1, -0.05) is 15.9 Å². The fourth-order valence-corrected chi connectivity index (χ4v) is 3.71. The lowest BCUT2D eigenvalue weighted by molar-refractivity contribution is 0.187. The quantitative estimate of drug-likeness (QED) is 0.362. The van der Waals surface area contributed by atoms with Crippen LogP contribution >= 0.6 is 39.9 Å². The Kier molecular flexibility index (Phi) is 8.28. The van der Waals surface area contributed by atoms with E-state index in [4.69, 9.17) is 4.99 Å². The molecule has 0 amide bonds. The van der Waals surface area contributed by atoms with Crippen molar-refractivity contribution in [3.8, 4) is 0 Å². The van der Waals surface area contributed by atoms with Crippen LogP contribution in [0.3, 0.4) is 0 Å². The first-order valence-corrected chi connectivity index (χ1v) is 9.67. The normalized spacial score (nSPS) is 23.7. The molecule has 2 saturated heterocycles. The van der Waals surface area contributed by atoms with E-state index in [1.807, 2.05) is 0 Å². The molecular weight excluding hydrogens is 495 g/mol. The van der Waals surface area contributed by atoms with Crippen LogP contribution in [0.4, 0.5) is 5.69 Å². The summed E-state index contributed by atoms with van der Waals surface area (Å²) in [5.41, 5.74) is 1.29. The Balaban J connectivity index is 0.00000225. The Labute approximate surface area is 176 Å². The third-order valence-electron chi connectivity index (χ3n) is 4.77. The minimum absolute atomic E-state index is 0. The molecule has 7 heteroatoms. The van der Waals surface area contributed by atoms with Crippen LogP contribution in [0.15, 0.2) is 33.7 Å². The van der Waals surface area contributed by atoms with Gasteiger partial charge in [0.25, 0.3) is 0 Å². The Morgan fingerprint density at radius 3 is 2.64 bits per heavy atom. The van der Waals surface area contributed by atoms with Gasteiger partial charge in [-0.15, -0.1) is 24.0 Å². The first kappa shape index (κ1) is 20.8. The van der Waals surface area contributed by atoms with Gasteiger partial charge in [0.05, 0.1) is 6.10 Å². The van der Waals surface area contributed by atoms with Crippen molar-refractivity contribution >= 4 is 51.6 Å². The second-order valence-corrected chi connectivity index (χ2v) is 7.58. The molecule has 2 atom stereocenters. The molecular formula is C18H28BrIN4O. The number of aliphatic imine (C=N–C) groups is 1. The van der Waals surface area contributed by atoms with Gasteiger partial charge >= 0.3 is 0 Å². The molecule has 25 heavy (non-hydrogen) atoms. The Morgan fingerprint density at radius 1 is 1.24 bits per heavy atom. The van der Waals surface area contributed by atoms with Crippen LogP contribution < -0.4 is 10.2 Å². The first-order chi connectivity index (χ1) is 11.7. The molecule has 0 radical (unpaired) electrons. The molecule has 0 saturated carbocycles. The molecule has 5 nitrogen and oxygen atoms in total. The van der Waals surface area contributed by atoms with Gasteiger partial charge in [0.2, 0.25) is 0 Å². The Morgan fingerprint density at radius 2 is 2.00 bits per heavy atom. The molecule has 1 aromatic carbocycles. The van der Waals surface area contributed by atoms with E-state index in [0.29, 0.717) is 12.5 Å². The Bertz CT molecular complexity index is 569. The minimum Gasteiger partial charge on any atom is -0.391 e. The molecule has 0 spiro atoms. The van der Waals surface area contributed by atoms with E-state index in [0.717, 1.165) is 49.6 Å². The summed E-state index contributed by atoms with van der Waals surface area (Å²) >= 11 is 3.49. The average Bonchev–Trinajstić information content (AvgIpc) is 3.21. The fraction of sp³-hybridized carbons (Fsp3) is 0.611. The highest BCUT2D eigenvalue weighted by atomic mass is 127. The number of nitrogens with zero attached hydrogens (tertiary/aromatic N) is 3. The second kappa shape index (κ2) is 9.97. The predicted octanol–water partition coefficient (Wildman–Crippen LogP) is 2.93. The van der Waals surface area contributed by atoms with E-state index in [-0.39, 0.29) is 30.1 Å². The maximum absolute atomic E-state index is 9.74. The molecule has 2 N–H and O–H groups in total. The van der Waals surface area contributed by atoms with Crippen molar-refractivity contribution in [2.24, 2.45) is 10.9 Å². The van der Waals surface area contributed by atoms with Crippen LogP contribution in [-0.2, 0) is 0 Å². The summed E-state index contributed by atoms with van der Waals surface area (Å²) in [4.78, 5) is 9.46. The van der Waals surface area contributed by atoms with Gasteiger partial charge in [-0.05, 0) is 49.9 Å². The van der Waals surface area contributed by atoms with Crippen molar-refractivity contribution in [2.75, 3.05) is 44.2 Å². The molecule has 0 aromatic heterocycles. The summed E-state index contributed by atoms with van der Waals surface area (Å²) in [6, 6.07) is 8.54. The van der Waals surface area contributed by atoms with Crippen LogP contribution in [0.5, 0.6) is 0 Å². The van der Waals surface area contributed by atoms with Crippen molar-refractivity contribution < 1.29 is 5.11 Å². The number of hydrogen-bond acceptors (Lipinski definition) is 3. The molecule has 1 aromatic rings. The smallest absolute Gasteiger partial charge is 0.194 e. The molecule has 140 valence electrons. The maximum Gasteiger partial charge on any atom is 0.194 e. The molecule has 0 bridgehead atoms. The molecule has 3 rings (SSSR count). The van der Waals surface area contributed by atoms with E-state index in [9.17, 15) is 5.11 Å². The van der Waals surface area contributed by atoms with Crippen molar-refractivity contribution in [3.63, 3.8) is 0 Å². The highest BCUT2D eigenvalue weighted by Crippen LogP contribution is 2.25. The van der Waals surface area contributed by atoms with Crippen LogP contribution in [0.2, 0.25) is 0 Å². The largest absolute Gasteiger partial charge is 0.391 e. The summed E-state index contributed by atoms with van der Waals surface area (Å²) in [6.07, 6.45) is 1.81. The first-order valence-electron chi connectivity index (χ1n) is 8.87. The predicted molar refractivity (Wildman–Crippen MR) is 118 cm³/mol. The number of benzene rings is 1. The van der Waals surface area contributed by atoms with Crippen LogP contribution in [0.25, 0.3) is 0 Å². The van der Waals surface area contributed by atoms with Crippen molar-refractivity contribution in [1.29, 1.82) is 0 Å². The number of aliphatic hydroxyl groups is 1. The van der Waals surface area contributed by atoms with E-state index in [2.05, 4.69) is 62.2 Å². The third kappa shape index (κ3) is 5.72. The number of guanidine groups is 1. The number of rotatable bonds is 4. The highest BCUT2D eigenvalue weighted by molar-refractivity contribution is 14.0. The summed E-state index contributed by atoms with van der Waals surface area (Å²) in [5.74, 6) is 1.55. The molecule has 1 unspecified atom stereocenters. The molecule has 0 aliphatic carbocycles. The third-order valence-corrected chi connectivity index (χ3v) is 5.30. The monoisotopic (exact) mass is 522 g/mol. The van der Waals surface area contributed by atoms with E-state index in [1.165, 1.54) is 12.1 Å². The van der Waals surface area contributed by atoms with Gasteiger partial charge in [0.1, 0.15) is 0 Å². The number of likely N-dealkylation sites (tertiary alicyclic amines) is 1. The molecule has 2 heterocycles. The topological polar surface area (TPSA) is 51.1 Å². The number of nitrogens with one attached hydrogen (secondary N) is 1. The highest BCUT2D eigenvalue weighted by Gasteiger charge is 2.25. The van der Waals surface area contributed by atoms with Gasteiger partial charge in [0.15, 0.2) is 5.96 Å². The average molecular weight is 523 g/mol. The number of anilines is 1. The molecule has 2 aliphatic rings. The zero-order chi connectivity index (χ0) is 16.9. The SMILES string of the molecule is CCNC(=NCC1CCN(c2ccc(Br)cc2)C1)N1CC[C@@H](O)C1.I. The van der Waals surface area contributed by atoms with Crippen LogP contribution in [-0.4, -0.2) is 61.3 Å².